The van der Waals surface area contributed by atoms with Crippen LogP contribution in [0, 0.1) is 10.1 Å². The fourth-order valence-corrected chi connectivity index (χ4v) is 3.30. The number of Topliss-reactive ketones (excluding diaryl/α,β-unsaturated/α-hetero) is 1. The third-order valence-electron chi connectivity index (χ3n) is 3.78. The zero-order chi connectivity index (χ0) is 16.2. The summed E-state index contributed by atoms with van der Waals surface area (Å²) >= 11 is 1.62. The summed E-state index contributed by atoms with van der Waals surface area (Å²) in [5, 5.41) is 12.7. The molecular weight excluding hydrogens is 310 g/mol. The number of rotatable bonds is 3. The lowest BCUT2D eigenvalue weighted by Gasteiger charge is -2.16. The van der Waals surface area contributed by atoms with Gasteiger partial charge >= 0.3 is 0 Å². The summed E-state index contributed by atoms with van der Waals surface area (Å²) in [5.41, 5.74) is 2.48. The van der Waals surface area contributed by atoms with Crippen LogP contribution in [0.15, 0.2) is 52.9 Å². The van der Waals surface area contributed by atoms with E-state index in [2.05, 4.69) is 0 Å². The van der Waals surface area contributed by atoms with Crippen molar-refractivity contribution in [3.63, 3.8) is 0 Å². The summed E-state index contributed by atoms with van der Waals surface area (Å²) < 4.78 is 0. The van der Waals surface area contributed by atoms with E-state index in [0.29, 0.717) is 0 Å². The van der Waals surface area contributed by atoms with Crippen molar-refractivity contribution in [2.24, 2.45) is 0 Å². The van der Waals surface area contributed by atoms with Crippen LogP contribution >= 0.6 is 11.3 Å². The van der Waals surface area contributed by atoms with Gasteiger partial charge in [0, 0.05) is 28.2 Å². The van der Waals surface area contributed by atoms with Gasteiger partial charge in [0.15, 0.2) is 5.78 Å². The average Bonchev–Trinajstić information content (AvgIpc) is 3.05. The van der Waals surface area contributed by atoms with Gasteiger partial charge in [-0.3, -0.25) is 14.9 Å². The molecule has 1 aliphatic carbocycles. The van der Waals surface area contributed by atoms with Gasteiger partial charge in [0.25, 0.3) is 5.69 Å². The Morgan fingerprint density at radius 2 is 1.74 bits per heavy atom. The first-order valence-corrected chi connectivity index (χ1v) is 8.25. The van der Waals surface area contributed by atoms with Crippen LogP contribution in [0.4, 0.5) is 5.69 Å². The summed E-state index contributed by atoms with van der Waals surface area (Å²) in [7, 11) is 0. The number of allylic oxidation sites excluding steroid dienone is 2. The van der Waals surface area contributed by atoms with Gasteiger partial charge in [-0.15, -0.1) is 11.3 Å². The molecule has 116 valence electrons. The third kappa shape index (κ3) is 3.63. The second-order valence-corrected chi connectivity index (χ2v) is 6.37. The minimum atomic E-state index is -0.426. The van der Waals surface area contributed by atoms with E-state index >= 15 is 0 Å². The fourth-order valence-electron chi connectivity index (χ4n) is 2.62. The van der Waals surface area contributed by atoms with Gasteiger partial charge in [-0.2, -0.15) is 0 Å². The molecule has 0 aliphatic heterocycles. The number of nitrogens with zero attached hydrogens (tertiary/aromatic N) is 1. The van der Waals surface area contributed by atoms with Crippen LogP contribution in [0.2, 0.25) is 0 Å². The number of benzene rings is 1. The molecule has 3 rings (SSSR count). The largest absolute Gasteiger partial charge is 0.289 e. The van der Waals surface area contributed by atoms with Gasteiger partial charge in [0.2, 0.25) is 0 Å². The molecule has 0 saturated heterocycles. The molecule has 5 heteroatoms. The highest BCUT2D eigenvalue weighted by atomic mass is 32.1. The quantitative estimate of drug-likeness (QED) is 0.459. The maximum absolute atomic E-state index is 12.6. The average molecular weight is 325 g/mol. The SMILES string of the molecule is O=C1C(=Cc2ccc([N+](=O)[O-])cc2)CCCC1=Cc1cccs1. The van der Waals surface area contributed by atoms with Gasteiger partial charge in [-0.25, -0.2) is 0 Å². The number of hydrogen-bond acceptors (Lipinski definition) is 4. The molecule has 0 unspecified atom stereocenters. The zero-order valence-corrected chi connectivity index (χ0v) is 13.2. The lowest BCUT2D eigenvalue weighted by atomic mass is 9.87. The van der Waals surface area contributed by atoms with Gasteiger partial charge < -0.3 is 0 Å². The molecule has 0 radical (unpaired) electrons. The first-order chi connectivity index (χ1) is 11.1. The van der Waals surface area contributed by atoms with Gasteiger partial charge in [0.1, 0.15) is 0 Å². The summed E-state index contributed by atoms with van der Waals surface area (Å²) in [4.78, 5) is 23.9. The molecule has 1 aliphatic rings. The van der Waals surface area contributed by atoms with Crippen molar-refractivity contribution in [3.05, 3.63) is 73.5 Å². The Hall–Kier alpha value is -2.53. The van der Waals surface area contributed by atoms with E-state index in [9.17, 15) is 14.9 Å². The molecule has 0 atom stereocenters. The lowest BCUT2D eigenvalue weighted by Crippen LogP contribution is -2.12. The topological polar surface area (TPSA) is 60.2 Å². The Kier molecular flexibility index (Phi) is 4.48. The molecule has 1 aromatic heterocycles. The van der Waals surface area contributed by atoms with E-state index in [4.69, 9.17) is 0 Å². The number of carbonyl (C=O) groups excluding carboxylic acids is 1. The predicted octanol–water partition coefficient (Wildman–Crippen LogP) is 4.88. The van der Waals surface area contributed by atoms with E-state index in [-0.39, 0.29) is 11.5 Å². The van der Waals surface area contributed by atoms with Crippen LogP contribution in [-0.4, -0.2) is 10.7 Å². The van der Waals surface area contributed by atoms with Crippen molar-refractivity contribution >= 4 is 35.0 Å². The van der Waals surface area contributed by atoms with Crippen molar-refractivity contribution in [3.8, 4) is 0 Å². The number of ketones is 1. The molecule has 1 saturated carbocycles. The number of thiophene rings is 1. The van der Waals surface area contributed by atoms with Crippen molar-refractivity contribution < 1.29 is 9.72 Å². The lowest BCUT2D eigenvalue weighted by molar-refractivity contribution is -0.384. The molecule has 0 N–H and O–H groups in total. The Bertz CT molecular complexity index is 786. The highest BCUT2D eigenvalue weighted by Gasteiger charge is 2.20. The molecule has 0 bridgehead atoms. The minimum absolute atomic E-state index is 0.0559. The Morgan fingerprint density at radius 3 is 2.35 bits per heavy atom. The van der Waals surface area contributed by atoms with Gasteiger partial charge in [0.05, 0.1) is 4.92 Å². The second-order valence-electron chi connectivity index (χ2n) is 5.39. The Morgan fingerprint density at radius 1 is 1.04 bits per heavy atom. The molecule has 23 heavy (non-hydrogen) atoms. The number of non-ortho nitro benzene ring substituents is 1. The number of nitro benzene ring substituents is 1. The maximum atomic E-state index is 12.6. The van der Waals surface area contributed by atoms with Crippen molar-refractivity contribution in [1.82, 2.24) is 0 Å². The summed E-state index contributed by atoms with van der Waals surface area (Å²) in [6.45, 7) is 0. The maximum Gasteiger partial charge on any atom is 0.269 e. The summed E-state index contributed by atoms with van der Waals surface area (Å²) in [5.74, 6) is 0.0861. The third-order valence-corrected chi connectivity index (χ3v) is 4.60. The van der Waals surface area contributed by atoms with Crippen LogP contribution in [0.25, 0.3) is 12.2 Å². The predicted molar refractivity (Wildman–Crippen MR) is 92.2 cm³/mol. The molecule has 4 nitrogen and oxygen atoms in total. The monoisotopic (exact) mass is 325 g/mol. The molecule has 0 spiro atoms. The van der Waals surface area contributed by atoms with Crippen LogP contribution in [0.1, 0.15) is 29.7 Å². The van der Waals surface area contributed by atoms with Gasteiger partial charge in [-0.05, 0) is 60.6 Å². The number of hydrogen-bond donors (Lipinski definition) is 0. The fraction of sp³-hybridized carbons (Fsp3) is 0.167. The number of carbonyl (C=O) groups is 1. The zero-order valence-electron chi connectivity index (χ0n) is 12.4. The molecule has 1 heterocycles. The molecule has 2 aromatic rings. The van der Waals surface area contributed by atoms with Crippen LogP contribution in [0.3, 0.4) is 0 Å². The second kappa shape index (κ2) is 6.71. The molecular formula is C18H15NO3S. The van der Waals surface area contributed by atoms with Gasteiger partial charge in [-0.1, -0.05) is 6.07 Å². The minimum Gasteiger partial charge on any atom is -0.289 e. The van der Waals surface area contributed by atoms with Crippen molar-refractivity contribution in [2.75, 3.05) is 0 Å². The molecule has 1 aromatic carbocycles. The normalized spacial score (nSPS) is 18.5. The highest BCUT2D eigenvalue weighted by Crippen LogP contribution is 2.29. The standard InChI is InChI=1S/C18H15NO3S/c20-18-14(11-13-6-8-16(9-7-13)19(21)22)3-1-4-15(18)12-17-5-2-10-23-17/h2,5-12H,1,3-4H2. The van der Waals surface area contributed by atoms with E-state index < -0.39 is 4.92 Å². The first kappa shape index (κ1) is 15.4. The summed E-state index contributed by atoms with van der Waals surface area (Å²) in [6.07, 6.45) is 6.30. The number of nitro groups is 1. The van der Waals surface area contributed by atoms with Crippen molar-refractivity contribution in [2.45, 2.75) is 19.3 Å². The Balaban J connectivity index is 1.84. The van der Waals surface area contributed by atoms with E-state index in [1.165, 1.54) is 12.1 Å². The van der Waals surface area contributed by atoms with Crippen LogP contribution in [0.5, 0.6) is 0 Å². The van der Waals surface area contributed by atoms with E-state index in [1.54, 1.807) is 23.5 Å². The highest BCUT2D eigenvalue weighted by molar-refractivity contribution is 7.10. The van der Waals surface area contributed by atoms with Crippen LogP contribution in [-0.2, 0) is 4.79 Å². The summed E-state index contributed by atoms with van der Waals surface area (Å²) in [6, 6.07) is 10.2. The van der Waals surface area contributed by atoms with E-state index in [0.717, 1.165) is 40.8 Å². The molecule has 0 amide bonds. The molecule has 1 fully saturated rings. The van der Waals surface area contributed by atoms with Crippen LogP contribution < -0.4 is 0 Å². The first-order valence-electron chi connectivity index (χ1n) is 7.37. The van der Waals surface area contributed by atoms with E-state index in [1.807, 2.05) is 29.7 Å². The van der Waals surface area contributed by atoms with Crippen molar-refractivity contribution in [1.29, 1.82) is 0 Å². The smallest absolute Gasteiger partial charge is 0.269 e. The Labute approximate surface area is 137 Å².